The molecule has 2 aliphatic rings. The van der Waals surface area contributed by atoms with E-state index in [9.17, 15) is 0 Å². The van der Waals surface area contributed by atoms with Crippen molar-refractivity contribution >= 4 is 11.8 Å². The van der Waals surface area contributed by atoms with Crippen molar-refractivity contribution in [3.8, 4) is 0 Å². The molecule has 2 aliphatic heterocycles. The second-order valence-electron chi connectivity index (χ2n) is 12.0. The predicted molar refractivity (Wildman–Crippen MR) is 187 cm³/mol. The minimum atomic E-state index is -0.798. The number of hydrogen-bond acceptors (Lipinski definition) is 4. The molecule has 4 heteroatoms. The lowest BCUT2D eigenvalue weighted by atomic mass is 9.76. The number of benzene rings is 6. The quantitative estimate of drug-likeness (QED) is 0.172. The molecule has 4 nitrogen and oxygen atoms in total. The number of nitrogens with zero attached hydrogens (tertiary/aromatic N) is 2. The van der Waals surface area contributed by atoms with Gasteiger partial charge in [-0.2, -0.15) is 0 Å². The van der Waals surface area contributed by atoms with E-state index >= 15 is 0 Å². The van der Waals surface area contributed by atoms with E-state index in [4.69, 9.17) is 19.5 Å². The van der Waals surface area contributed by atoms with Crippen LogP contribution >= 0.6 is 0 Å². The summed E-state index contributed by atoms with van der Waals surface area (Å²) >= 11 is 0. The van der Waals surface area contributed by atoms with E-state index in [0.717, 1.165) is 33.4 Å². The molecule has 0 aliphatic carbocycles. The summed E-state index contributed by atoms with van der Waals surface area (Å²) in [5.74, 6) is 1.18. The summed E-state index contributed by atoms with van der Waals surface area (Å²) in [6, 6.07) is 62.6. The van der Waals surface area contributed by atoms with E-state index in [-0.39, 0.29) is 12.2 Å². The molecule has 0 saturated heterocycles. The number of hydrogen-bond donors (Lipinski definition) is 0. The molecule has 0 N–H and O–H groups in total. The minimum Gasteiger partial charge on any atom is -0.469 e. The van der Waals surface area contributed by atoms with Gasteiger partial charge in [-0.25, -0.2) is 9.98 Å². The van der Waals surface area contributed by atoms with Crippen LogP contribution in [0, 0.1) is 0 Å². The molecule has 0 fully saturated rings. The lowest BCUT2D eigenvalue weighted by Crippen LogP contribution is -2.30. The highest BCUT2D eigenvalue weighted by atomic mass is 16.5. The standard InChI is InChI=1S/C43H34N2O2/c1-7-19-32(20-8-1)40-42(34-23-11-3-12-24-34,35-25-13-4-14-26-35)44-38(46-40)31-39-45-43(36-27-15-5-16-28-36,37-29-17-6-18-30-37)41(47-39)33-21-9-2-10-22-33/h1-30,40-41H,31H2/t40-,41-/m0/s1. The number of rotatable bonds is 8. The molecule has 2 heterocycles. The van der Waals surface area contributed by atoms with Gasteiger partial charge in [0.1, 0.15) is 0 Å². The van der Waals surface area contributed by atoms with E-state index in [1.54, 1.807) is 0 Å². The first kappa shape index (κ1) is 28.7. The maximum Gasteiger partial charge on any atom is 0.194 e. The lowest BCUT2D eigenvalue weighted by molar-refractivity contribution is 0.148. The Labute approximate surface area is 275 Å². The van der Waals surface area contributed by atoms with Crippen LogP contribution in [0.25, 0.3) is 0 Å². The monoisotopic (exact) mass is 610 g/mol. The summed E-state index contributed by atoms with van der Waals surface area (Å²) in [4.78, 5) is 11.0. The lowest BCUT2D eigenvalue weighted by Gasteiger charge is -2.33. The zero-order valence-corrected chi connectivity index (χ0v) is 25.9. The van der Waals surface area contributed by atoms with Crippen LogP contribution < -0.4 is 0 Å². The molecule has 0 amide bonds. The zero-order valence-electron chi connectivity index (χ0n) is 25.9. The summed E-state index contributed by atoms with van der Waals surface area (Å²) < 4.78 is 13.9. The Hall–Kier alpha value is -5.74. The van der Waals surface area contributed by atoms with E-state index in [2.05, 4.69) is 146 Å². The van der Waals surface area contributed by atoms with Gasteiger partial charge in [0.2, 0.25) is 0 Å². The van der Waals surface area contributed by atoms with Gasteiger partial charge in [-0.3, -0.25) is 0 Å². The molecule has 0 spiro atoms. The van der Waals surface area contributed by atoms with Crippen LogP contribution in [0.15, 0.2) is 192 Å². The van der Waals surface area contributed by atoms with Crippen molar-refractivity contribution in [3.05, 3.63) is 215 Å². The van der Waals surface area contributed by atoms with Gasteiger partial charge in [-0.15, -0.1) is 0 Å². The SMILES string of the molecule is c1ccc([C@@H]2OC(CC3=NC(c4ccccc4)(c4ccccc4)[C@H](c4ccccc4)O3)=NC2(c2ccccc2)c2ccccc2)cc1. The topological polar surface area (TPSA) is 43.2 Å². The van der Waals surface area contributed by atoms with Gasteiger partial charge >= 0.3 is 0 Å². The first-order chi connectivity index (χ1) is 23.3. The van der Waals surface area contributed by atoms with Crippen molar-refractivity contribution < 1.29 is 9.47 Å². The maximum atomic E-state index is 6.94. The van der Waals surface area contributed by atoms with Gasteiger partial charge in [-0.05, 0) is 33.4 Å². The summed E-state index contributed by atoms with van der Waals surface area (Å²) in [5.41, 5.74) is 4.77. The van der Waals surface area contributed by atoms with Gasteiger partial charge in [0.05, 0.1) is 6.42 Å². The summed E-state index contributed by atoms with van der Waals surface area (Å²) in [7, 11) is 0. The molecule has 6 aromatic carbocycles. The molecule has 0 saturated carbocycles. The Kier molecular flexibility index (Phi) is 7.47. The Morgan fingerprint density at radius 3 is 0.894 bits per heavy atom. The van der Waals surface area contributed by atoms with Gasteiger partial charge in [-0.1, -0.05) is 182 Å². The second kappa shape index (κ2) is 12.2. The van der Waals surface area contributed by atoms with Crippen LogP contribution in [0.2, 0.25) is 0 Å². The average Bonchev–Trinajstić information content (AvgIpc) is 3.74. The van der Waals surface area contributed by atoms with Gasteiger partial charge in [0.25, 0.3) is 0 Å². The molecule has 0 radical (unpaired) electrons. The molecule has 0 unspecified atom stereocenters. The molecule has 8 rings (SSSR count). The van der Waals surface area contributed by atoms with E-state index in [1.807, 2.05) is 36.4 Å². The first-order valence-corrected chi connectivity index (χ1v) is 16.1. The third-order valence-electron chi connectivity index (χ3n) is 9.23. The van der Waals surface area contributed by atoms with E-state index in [1.165, 1.54) is 0 Å². The Morgan fingerprint density at radius 2 is 0.617 bits per heavy atom. The van der Waals surface area contributed by atoms with Crippen LogP contribution in [0.3, 0.4) is 0 Å². The van der Waals surface area contributed by atoms with Crippen molar-refractivity contribution in [3.63, 3.8) is 0 Å². The summed E-state index contributed by atoms with van der Waals surface area (Å²) in [6.45, 7) is 0. The third-order valence-corrected chi connectivity index (χ3v) is 9.23. The fraction of sp³-hybridized carbons (Fsp3) is 0.116. The Morgan fingerprint density at radius 1 is 0.362 bits per heavy atom. The van der Waals surface area contributed by atoms with E-state index < -0.39 is 11.1 Å². The van der Waals surface area contributed by atoms with Crippen molar-refractivity contribution in [2.75, 3.05) is 0 Å². The van der Waals surface area contributed by atoms with Crippen molar-refractivity contribution in [1.29, 1.82) is 0 Å². The number of ether oxygens (including phenoxy) is 2. The van der Waals surface area contributed by atoms with Gasteiger partial charge < -0.3 is 9.47 Å². The second-order valence-corrected chi connectivity index (χ2v) is 12.0. The molecule has 0 bridgehead atoms. The smallest absolute Gasteiger partial charge is 0.194 e. The molecular formula is C43H34N2O2. The highest BCUT2D eigenvalue weighted by Gasteiger charge is 2.53. The predicted octanol–water partition coefficient (Wildman–Crippen LogP) is 9.60. The molecule has 2 atom stereocenters. The third kappa shape index (κ3) is 5.03. The molecule has 228 valence electrons. The van der Waals surface area contributed by atoms with Crippen LogP contribution in [0.1, 0.15) is 52.0 Å². The van der Waals surface area contributed by atoms with Crippen molar-refractivity contribution in [1.82, 2.24) is 0 Å². The molecule has 6 aromatic rings. The largest absolute Gasteiger partial charge is 0.469 e. The highest BCUT2D eigenvalue weighted by Crippen LogP contribution is 2.53. The Bertz CT molecular complexity index is 1770. The molecule has 0 aromatic heterocycles. The normalized spacial score (nSPS) is 19.2. The minimum absolute atomic E-state index is 0.315. The van der Waals surface area contributed by atoms with Crippen LogP contribution in [-0.2, 0) is 20.6 Å². The van der Waals surface area contributed by atoms with Crippen molar-refractivity contribution in [2.45, 2.75) is 29.7 Å². The Balaban J connectivity index is 1.29. The average molecular weight is 611 g/mol. The van der Waals surface area contributed by atoms with Gasteiger partial charge in [0.15, 0.2) is 35.1 Å². The summed E-state index contributed by atoms with van der Waals surface area (Å²) in [6.07, 6.45) is -0.456. The van der Waals surface area contributed by atoms with Crippen LogP contribution in [-0.4, -0.2) is 11.8 Å². The van der Waals surface area contributed by atoms with E-state index in [0.29, 0.717) is 18.2 Å². The van der Waals surface area contributed by atoms with Crippen molar-refractivity contribution in [2.24, 2.45) is 9.98 Å². The highest BCUT2D eigenvalue weighted by molar-refractivity contribution is 5.99. The molecule has 47 heavy (non-hydrogen) atoms. The fourth-order valence-corrected chi connectivity index (χ4v) is 7.14. The van der Waals surface area contributed by atoms with Gasteiger partial charge in [0, 0.05) is 0 Å². The zero-order chi connectivity index (χ0) is 31.5. The summed E-state index contributed by atoms with van der Waals surface area (Å²) in [5, 5.41) is 0. The maximum absolute atomic E-state index is 6.94. The molecular weight excluding hydrogens is 576 g/mol. The van der Waals surface area contributed by atoms with Crippen LogP contribution in [0.4, 0.5) is 0 Å². The fourth-order valence-electron chi connectivity index (χ4n) is 7.14. The first-order valence-electron chi connectivity index (χ1n) is 16.1. The number of aliphatic imine (C=N–C) groups is 2. The van der Waals surface area contributed by atoms with Crippen LogP contribution in [0.5, 0.6) is 0 Å².